The van der Waals surface area contributed by atoms with Gasteiger partial charge in [-0.3, -0.25) is 9.69 Å². The summed E-state index contributed by atoms with van der Waals surface area (Å²) in [6, 6.07) is 3.58. The van der Waals surface area contributed by atoms with Crippen molar-refractivity contribution >= 4 is 5.97 Å². The van der Waals surface area contributed by atoms with Crippen LogP contribution in [0.4, 0.5) is 0 Å². The molecule has 1 aromatic rings. The van der Waals surface area contributed by atoms with E-state index in [1.807, 2.05) is 13.0 Å². The number of carbonyl (C=O) groups is 1. The van der Waals surface area contributed by atoms with Crippen LogP contribution in [0, 0.1) is 0 Å². The van der Waals surface area contributed by atoms with Gasteiger partial charge in [0.1, 0.15) is 11.3 Å². The summed E-state index contributed by atoms with van der Waals surface area (Å²) in [7, 11) is 1.78. The highest BCUT2D eigenvalue weighted by molar-refractivity contribution is 5.77. The summed E-state index contributed by atoms with van der Waals surface area (Å²) in [5.41, 5.74) is -0.911. The molecule has 1 rings (SSSR count). The lowest BCUT2D eigenvalue weighted by molar-refractivity contribution is -0.150. The summed E-state index contributed by atoms with van der Waals surface area (Å²) >= 11 is 0. The zero-order valence-electron chi connectivity index (χ0n) is 9.52. The van der Waals surface area contributed by atoms with Gasteiger partial charge in [0.15, 0.2) is 0 Å². The number of carboxylic acid groups (broad SMARTS) is 1. The molecule has 0 radical (unpaired) electrons. The van der Waals surface area contributed by atoms with Crippen LogP contribution in [-0.4, -0.2) is 28.6 Å². The van der Waals surface area contributed by atoms with Crippen LogP contribution in [0.25, 0.3) is 0 Å². The minimum Gasteiger partial charge on any atom is -0.480 e. The average Bonchev–Trinajstić information content (AvgIpc) is 2.67. The largest absolute Gasteiger partial charge is 0.480 e. The predicted octanol–water partition coefficient (Wildman–Crippen LogP) is 2.14. The van der Waals surface area contributed by atoms with Crippen LogP contribution in [0.2, 0.25) is 0 Å². The molecule has 0 amide bonds. The first kappa shape index (κ1) is 11.8. The van der Waals surface area contributed by atoms with E-state index in [4.69, 9.17) is 9.52 Å². The lowest BCUT2D eigenvalue weighted by Crippen LogP contribution is -2.48. The summed E-state index contributed by atoms with van der Waals surface area (Å²) < 4.78 is 5.26. The van der Waals surface area contributed by atoms with Gasteiger partial charge in [0.25, 0.3) is 0 Å². The van der Waals surface area contributed by atoms with Crippen LogP contribution >= 0.6 is 0 Å². The molecule has 4 heteroatoms. The molecule has 0 fully saturated rings. The molecular formula is C11H17NO3. The highest BCUT2D eigenvalue weighted by Gasteiger charge is 2.35. The first-order chi connectivity index (χ1) is 6.87. The second-order valence-corrected chi connectivity index (χ2v) is 4.17. The van der Waals surface area contributed by atoms with Gasteiger partial charge in [-0.2, -0.15) is 0 Å². The molecular weight excluding hydrogens is 194 g/mol. The molecule has 1 N–H and O–H groups in total. The molecule has 0 saturated heterocycles. The Morgan fingerprint density at radius 2 is 2.20 bits per heavy atom. The molecule has 1 atom stereocenters. The van der Waals surface area contributed by atoms with Gasteiger partial charge in [0, 0.05) is 0 Å². The van der Waals surface area contributed by atoms with Crippen molar-refractivity contribution in [3.8, 4) is 0 Å². The van der Waals surface area contributed by atoms with Crippen LogP contribution in [0.15, 0.2) is 22.8 Å². The Hall–Kier alpha value is -1.29. The van der Waals surface area contributed by atoms with Gasteiger partial charge in [-0.1, -0.05) is 0 Å². The Kier molecular flexibility index (Phi) is 3.19. The van der Waals surface area contributed by atoms with Gasteiger partial charge in [-0.05, 0) is 40.0 Å². The second-order valence-electron chi connectivity index (χ2n) is 4.17. The van der Waals surface area contributed by atoms with Crippen LogP contribution < -0.4 is 0 Å². The summed E-state index contributed by atoms with van der Waals surface area (Å²) in [4.78, 5) is 12.8. The third-order valence-corrected chi connectivity index (χ3v) is 2.94. The minimum absolute atomic E-state index is 0.0638. The number of likely N-dealkylation sites (N-methyl/N-ethyl adjacent to an activating group) is 1. The van der Waals surface area contributed by atoms with Crippen molar-refractivity contribution in [1.82, 2.24) is 4.90 Å². The van der Waals surface area contributed by atoms with E-state index < -0.39 is 11.5 Å². The zero-order valence-corrected chi connectivity index (χ0v) is 9.52. The van der Waals surface area contributed by atoms with Crippen LogP contribution in [0.1, 0.15) is 32.6 Å². The average molecular weight is 211 g/mol. The van der Waals surface area contributed by atoms with Crippen molar-refractivity contribution in [2.24, 2.45) is 0 Å². The Bertz CT molecular complexity index is 330. The molecule has 1 unspecified atom stereocenters. The maximum absolute atomic E-state index is 11.1. The standard InChI is InChI=1S/C11H17NO3/c1-8(9-6-5-7-15-9)12(4)11(2,3)10(13)14/h5-8H,1-4H3,(H,13,14). The normalized spacial score (nSPS) is 14.2. The van der Waals surface area contributed by atoms with E-state index in [1.54, 1.807) is 38.1 Å². The molecule has 0 aliphatic rings. The predicted molar refractivity (Wildman–Crippen MR) is 56.6 cm³/mol. The van der Waals surface area contributed by atoms with Crippen molar-refractivity contribution < 1.29 is 14.3 Å². The summed E-state index contributed by atoms with van der Waals surface area (Å²) in [6.45, 7) is 5.27. The smallest absolute Gasteiger partial charge is 0.323 e. The molecule has 0 aromatic carbocycles. The van der Waals surface area contributed by atoms with Crippen molar-refractivity contribution in [2.75, 3.05) is 7.05 Å². The Balaban J connectivity index is 2.85. The Morgan fingerprint density at radius 3 is 2.60 bits per heavy atom. The van der Waals surface area contributed by atoms with Gasteiger partial charge < -0.3 is 9.52 Å². The van der Waals surface area contributed by atoms with E-state index in [-0.39, 0.29) is 6.04 Å². The monoisotopic (exact) mass is 211 g/mol. The number of aliphatic carboxylic acids is 1. The van der Waals surface area contributed by atoms with E-state index in [2.05, 4.69) is 0 Å². The fourth-order valence-electron chi connectivity index (χ4n) is 1.35. The summed E-state index contributed by atoms with van der Waals surface area (Å²) in [5, 5.41) is 9.09. The van der Waals surface area contributed by atoms with Gasteiger partial charge in [-0.25, -0.2) is 0 Å². The van der Waals surface area contributed by atoms with Gasteiger partial charge in [0.2, 0.25) is 0 Å². The highest BCUT2D eigenvalue weighted by Crippen LogP contribution is 2.26. The SMILES string of the molecule is CC(c1ccco1)N(C)C(C)(C)C(=O)O. The highest BCUT2D eigenvalue weighted by atomic mass is 16.4. The first-order valence-corrected chi connectivity index (χ1v) is 4.87. The Morgan fingerprint density at radius 1 is 1.60 bits per heavy atom. The van der Waals surface area contributed by atoms with Crippen molar-refractivity contribution in [2.45, 2.75) is 32.4 Å². The third-order valence-electron chi connectivity index (χ3n) is 2.94. The molecule has 84 valence electrons. The molecule has 1 aromatic heterocycles. The van der Waals surface area contributed by atoms with E-state index in [9.17, 15) is 4.79 Å². The van der Waals surface area contributed by atoms with Crippen LogP contribution in [0.5, 0.6) is 0 Å². The van der Waals surface area contributed by atoms with E-state index in [0.29, 0.717) is 0 Å². The van der Waals surface area contributed by atoms with Crippen molar-refractivity contribution in [3.05, 3.63) is 24.2 Å². The maximum Gasteiger partial charge on any atom is 0.323 e. The van der Waals surface area contributed by atoms with Crippen LogP contribution in [-0.2, 0) is 4.79 Å². The number of carboxylic acids is 1. The molecule has 0 saturated carbocycles. The molecule has 0 bridgehead atoms. The molecule has 0 spiro atoms. The molecule has 0 aliphatic heterocycles. The number of rotatable bonds is 4. The van der Waals surface area contributed by atoms with Crippen molar-refractivity contribution in [1.29, 1.82) is 0 Å². The number of hydrogen-bond donors (Lipinski definition) is 1. The lowest BCUT2D eigenvalue weighted by Gasteiger charge is -2.35. The lowest BCUT2D eigenvalue weighted by atomic mass is 10.0. The topological polar surface area (TPSA) is 53.7 Å². The molecule has 1 heterocycles. The quantitative estimate of drug-likeness (QED) is 0.829. The summed E-state index contributed by atoms with van der Waals surface area (Å²) in [6.07, 6.45) is 1.59. The van der Waals surface area contributed by atoms with E-state index >= 15 is 0 Å². The number of hydrogen-bond acceptors (Lipinski definition) is 3. The van der Waals surface area contributed by atoms with E-state index in [0.717, 1.165) is 5.76 Å². The van der Waals surface area contributed by atoms with Crippen molar-refractivity contribution in [3.63, 3.8) is 0 Å². The molecule has 0 aliphatic carbocycles. The Labute approximate surface area is 89.5 Å². The fourth-order valence-corrected chi connectivity index (χ4v) is 1.35. The number of nitrogens with zero attached hydrogens (tertiary/aromatic N) is 1. The van der Waals surface area contributed by atoms with Gasteiger partial charge in [0.05, 0.1) is 12.3 Å². The fraction of sp³-hybridized carbons (Fsp3) is 0.545. The van der Waals surface area contributed by atoms with Crippen LogP contribution in [0.3, 0.4) is 0 Å². The minimum atomic E-state index is -0.911. The second kappa shape index (κ2) is 4.06. The molecule has 4 nitrogen and oxygen atoms in total. The number of furan rings is 1. The third kappa shape index (κ3) is 2.21. The zero-order chi connectivity index (χ0) is 11.6. The van der Waals surface area contributed by atoms with Gasteiger partial charge >= 0.3 is 5.97 Å². The first-order valence-electron chi connectivity index (χ1n) is 4.87. The molecule has 15 heavy (non-hydrogen) atoms. The van der Waals surface area contributed by atoms with E-state index in [1.165, 1.54) is 0 Å². The van der Waals surface area contributed by atoms with Gasteiger partial charge in [-0.15, -0.1) is 0 Å². The summed E-state index contributed by atoms with van der Waals surface area (Å²) in [5.74, 6) is -0.0739. The maximum atomic E-state index is 11.1.